The molecule has 0 unspecified atom stereocenters. The van der Waals surface area contributed by atoms with Crippen molar-refractivity contribution in [2.24, 2.45) is 0 Å². The summed E-state index contributed by atoms with van der Waals surface area (Å²) in [5.41, 5.74) is 4.49. The SMILES string of the molecule is COc1cc(/C=C2\SC(=S)N(c3ccc(C)cc3C)C2=O)cc(Br)c1OCc1ccc(Cl)cc1Cl. The molecule has 1 amide bonds. The van der Waals surface area contributed by atoms with Crippen molar-refractivity contribution in [1.82, 2.24) is 0 Å². The van der Waals surface area contributed by atoms with Crippen LogP contribution in [0.1, 0.15) is 22.3 Å². The van der Waals surface area contributed by atoms with Gasteiger partial charge in [0.1, 0.15) is 6.61 Å². The van der Waals surface area contributed by atoms with E-state index in [4.69, 9.17) is 44.9 Å². The van der Waals surface area contributed by atoms with Crippen molar-refractivity contribution in [3.63, 3.8) is 0 Å². The molecule has 1 fully saturated rings. The first-order valence-corrected chi connectivity index (χ1v) is 13.2. The Bertz CT molecular complexity index is 1380. The van der Waals surface area contributed by atoms with Gasteiger partial charge in [0.2, 0.25) is 0 Å². The van der Waals surface area contributed by atoms with Crippen molar-refractivity contribution in [3.8, 4) is 11.5 Å². The standard InChI is InChI=1S/C26H20BrCl2NO3S2/c1-14-4-7-21(15(2)8-14)30-25(31)23(35-26(30)34)11-16-9-19(27)24(22(10-16)32-3)33-13-17-5-6-18(28)12-20(17)29/h4-12H,13H2,1-3H3/b23-11-. The second kappa shape index (κ2) is 10.9. The van der Waals surface area contributed by atoms with Crippen LogP contribution in [0.2, 0.25) is 10.0 Å². The maximum Gasteiger partial charge on any atom is 0.270 e. The minimum absolute atomic E-state index is 0.153. The lowest BCUT2D eigenvalue weighted by Gasteiger charge is -2.17. The van der Waals surface area contributed by atoms with Gasteiger partial charge in [-0.3, -0.25) is 9.69 Å². The number of carbonyl (C=O) groups is 1. The van der Waals surface area contributed by atoms with E-state index in [-0.39, 0.29) is 12.5 Å². The number of rotatable bonds is 6. The van der Waals surface area contributed by atoms with Gasteiger partial charge in [-0.1, -0.05) is 70.9 Å². The molecule has 0 bridgehead atoms. The number of anilines is 1. The van der Waals surface area contributed by atoms with Gasteiger partial charge in [0, 0.05) is 15.6 Å². The van der Waals surface area contributed by atoms with Gasteiger partial charge in [0.25, 0.3) is 5.91 Å². The number of methoxy groups -OCH3 is 1. The molecule has 0 atom stereocenters. The molecule has 1 heterocycles. The predicted octanol–water partition coefficient (Wildman–Crippen LogP) is 8.37. The third-order valence-corrected chi connectivity index (χ3v) is 7.80. The molecular formula is C26H20BrCl2NO3S2. The Morgan fingerprint density at radius 3 is 2.57 bits per heavy atom. The van der Waals surface area contributed by atoms with Gasteiger partial charge in [-0.15, -0.1) is 0 Å². The molecule has 0 radical (unpaired) electrons. The number of carbonyl (C=O) groups excluding carboxylic acids is 1. The maximum atomic E-state index is 13.2. The first kappa shape index (κ1) is 26.0. The van der Waals surface area contributed by atoms with Crippen LogP contribution >= 0.6 is 63.1 Å². The summed E-state index contributed by atoms with van der Waals surface area (Å²) >= 11 is 22.6. The normalized spacial score (nSPS) is 14.7. The number of thiocarbonyl (C=S) groups is 1. The van der Waals surface area contributed by atoms with Gasteiger partial charge >= 0.3 is 0 Å². The third kappa shape index (κ3) is 5.70. The fraction of sp³-hybridized carbons (Fsp3) is 0.154. The van der Waals surface area contributed by atoms with E-state index >= 15 is 0 Å². The largest absolute Gasteiger partial charge is 0.493 e. The highest BCUT2D eigenvalue weighted by Gasteiger charge is 2.34. The van der Waals surface area contributed by atoms with Gasteiger partial charge in [-0.25, -0.2) is 0 Å². The molecule has 35 heavy (non-hydrogen) atoms. The average molecular weight is 609 g/mol. The van der Waals surface area contributed by atoms with Crippen LogP contribution in [0.5, 0.6) is 11.5 Å². The lowest BCUT2D eigenvalue weighted by molar-refractivity contribution is -0.113. The molecule has 3 aromatic rings. The summed E-state index contributed by atoms with van der Waals surface area (Å²) in [6.07, 6.45) is 1.80. The smallest absolute Gasteiger partial charge is 0.270 e. The number of aryl methyl sites for hydroxylation is 2. The van der Waals surface area contributed by atoms with Gasteiger partial charge in [0.05, 0.1) is 22.2 Å². The van der Waals surface area contributed by atoms with Crippen LogP contribution in [0.15, 0.2) is 57.9 Å². The summed E-state index contributed by atoms with van der Waals surface area (Å²) in [6.45, 7) is 4.23. The van der Waals surface area contributed by atoms with Crippen molar-refractivity contribution in [3.05, 3.63) is 90.2 Å². The molecule has 3 aromatic carbocycles. The van der Waals surface area contributed by atoms with Crippen molar-refractivity contribution < 1.29 is 14.3 Å². The molecule has 1 aliphatic rings. The summed E-state index contributed by atoms with van der Waals surface area (Å²) in [5.74, 6) is 0.888. The molecule has 0 N–H and O–H groups in total. The summed E-state index contributed by atoms with van der Waals surface area (Å²) in [4.78, 5) is 15.4. The fourth-order valence-corrected chi connectivity index (χ4v) is 5.96. The number of ether oxygens (including phenoxy) is 2. The monoisotopic (exact) mass is 607 g/mol. The zero-order valence-electron chi connectivity index (χ0n) is 19.0. The Balaban J connectivity index is 1.59. The van der Waals surface area contributed by atoms with Gasteiger partial charge in [-0.05, 0) is 77.3 Å². The summed E-state index contributed by atoms with van der Waals surface area (Å²) in [5, 5.41) is 1.08. The molecule has 0 spiro atoms. The van der Waals surface area contributed by atoms with Crippen molar-refractivity contribution in [1.29, 1.82) is 0 Å². The molecule has 4 nitrogen and oxygen atoms in total. The number of benzene rings is 3. The first-order valence-electron chi connectivity index (χ1n) is 10.5. The Hall–Kier alpha value is -2.03. The molecule has 9 heteroatoms. The molecule has 1 saturated heterocycles. The zero-order valence-corrected chi connectivity index (χ0v) is 23.8. The topological polar surface area (TPSA) is 38.8 Å². The van der Waals surface area contributed by atoms with Crippen molar-refractivity contribution >= 4 is 85.1 Å². The average Bonchev–Trinajstić information content (AvgIpc) is 3.06. The summed E-state index contributed by atoms with van der Waals surface area (Å²) in [7, 11) is 1.56. The lowest BCUT2D eigenvalue weighted by Crippen LogP contribution is -2.28. The Morgan fingerprint density at radius 2 is 1.89 bits per heavy atom. The van der Waals surface area contributed by atoms with E-state index in [0.29, 0.717) is 35.2 Å². The Morgan fingerprint density at radius 1 is 1.11 bits per heavy atom. The maximum absolute atomic E-state index is 13.2. The van der Waals surface area contributed by atoms with Gasteiger partial charge in [0.15, 0.2) is 15.8 Å². The van der Waals surface area contributed by atoms with E-state index < -0.39 is 0 Å². The van der Waals surface area contributed by atoms with E-state index in [1.54, 1.807) is 30.2 Å². The van der Waals surface area contributed by atoms with Crippen LogP contribution in [0.25, 0.3) is 6.08 Å². The third-order valence-electron chi connectivity index (χ3n) is 5.32. The minimum atomic E-state index is -0.153. The number of nitrogens with zero attached hydrogens (tertiary/aromatic N) is 1. The van der Waals surface area contributed by atoms with Crippen LogP contribution in [-0.2, 0) is 11.4 Å². The van der Waals surface area contributed by atoms with E-state index in [9.17, 15) is 4.79 Å². The Labute approximate surface area is 232 Å². The van der Waals surface area contributed by atoms with Gasteiger partial charge in [-0.2, -0.15) is 0 Å². The molecule has 1 aliphatic heterocycles. The highest BCUT2D eigenvalue weighted by atomic mass is 79.9. The number of hydrogen-bond acceptors (Lipinski definition) is 5. The van der Waals surface area contributed by atoms with Crippen LogP contribution in [0, 0.1) is 13.8 Å². The van der Waals surface area contributed by atoms with Crippen LogP contribution < -0.4 is 14.4 Å². The Kier molecular flexibility index (Phi) is 8.13. The van der Waals surface area contributed by atoms with Crippen LogP contribution in [-0.4, -0.2) is 17.3 Å². The molecule has 0 aliphatic carbocycles. The minimum Gasteiger partial charge on any atom is -0.493 e. The van der Waals surface area contributed by atoms with Crippen LogP contribution in [0.3, 0.4) is 0 Å². The van der Waals surface area contributed by atoms with E-state index in [1.165, 1.54) is 11.8 Å². The summed E-state index contributed by atoms with van der Waals surface area (Å²) in [6, 6.07) is 14.9. The van der Waals surface area contributed by atoms with Crippen LogP contribution in [0.4, 0.5) is 5.69 Å². The highest BCUT2D eigenvalue weighted by molar-refractivity contribution is 9.10. The second-order valence-corrected chi connectivity index (χ2v) is 11.2. The van der Waals surface area contributed by atoms with E-state index in [2.05, 4.69) is 15.9 Å². The zero-order chi connectivity index (χ0) is 25.3. The number of amides is 1. The van der Waals surface area contributed by atoms with E-state index in [1.807, 2.05) is 50.2 Å². The molecule has 0 aromatic heterocycles. The quantitative estimate of drug-likeness (QED) is 0.208. The highest BCUT2D eigenvalue weighted by Crippen LogP contribution is 2.41. The van der Waals surface area contributed by atoms with Crippen molar-refractivity contribution in [2.45, 2.75) is 20.5 Å². The van der Waals surface area contributed by atoms with E-state index in [0.717, 1.165) is 27.9 Å². The second-order valence-electron chi connectivity index (χ2n) is 7.87. The number of hydrogen-bond donors (Lipinski definition) is 0. The lowest BCUT2D eigenvalue weighted by atomic mass is 10.1. The molecule has 180 valence electrons. The number of thioether (sulfide) groups is 1. The molecule has 4 rings (SSSR count). The summed E-state index contributed by atoms with van der Waals surface area (Å²) < 4.78 is 12.8. The number of halogens is 3. The fourth-order valence-electron chi connectivity index (χ4n) is 3.63. The molecule has 0 saturated carbocycles. The first-order chi connectivity index (χ1) is 16.7. The molecular weight excluding hydrogens is 589 g/mol. The predicted molar refractivity (Wildman–Crippen MR) is 153 cm³/mol. The van der Waals surface area contributed by atoms with Gasteiger partial charge < -0.3 is 9.47 Å². The van der Waals surface area contributed by atoms with Crippen molar-refractivity contribution in [2.75, 3.05) is 12.0 Å².